The highest BCUT2D eigenvalue weighted by atomic mass is 16.5. The van der Waals surface area contributed by atoms with Crippen LogP contribution in [0, 0.1) is 0 Å². The number of hydrogen-bond acceptors (Lipinski definition) is 3. The molecule has 2 rings (SSSR count). The van der Waals surface area contributed by atoms with Crippen molar-refractivity contribution in [3.63, 3.8) is 0 Å². The highest BCUT2D eigenvalue weighted by Gasteiger charge is 2.09. The molecule has 2 N–H and O–H groups in total. The molecule has 128 valence electrons. The zero-order valence-electron chi connectivity index (χ0n) is 14.3. The summed E-state index contributed by atoms with van der Waals surface area (Å²) in [5.41, 5.74) is 0. The van der Waals surface area contributed by atoms with Crippen LogP contribution in [0.2, 0.25) is 0 Å². The van der Waals surface area contributed by atoms with Gasteiger partial charge in [-0.1, -0.05) is 24.6 Å². The summed E-state index contributed by atoms with van der Waals surface area (Å²) in [4.78, 5) is 6.79. The molecule has 0 amide bonds. The third-order valence-electron chi connectivity index (χ3n) is 4.02. The molecular formula is C18H30N4O. The lowest BCUT2D eigenvalue weighted by atomic mass is 10.1. The fourth-order valence-corrected chi connectivity index (χ4v) is 2.72. The fraction of sp³-hybridized carbons (Fsp3) is 0.611. The lowest BCUT2D eigenvalue weighted by molar-refractivity contribution is 0.232. The molecule has 0 spiro atoms. The number of likely N-dealkylation sites (tertiary alicyclic amines) is 1. The van der Waals surface area contributed by atoms with Crippen LogP contribution in [0.4, 0.5) is 0 Å². The molecule has 0 aromatic heterocycles. The van der Waals surface area contributed by atoms with E-state index in [0.717, 1.165) is 37.8 Å². The van der Waals surface area contributed by atoms with Crippen molar-refractivity contribution in [1.29, 1.82) is 0 Å². The Balaban J connectivity index is 1.51. The molecule has 0 bridgehead atoms. The van der Waals surface area contributed by atoms with Gasteiger partial charge in [-0.25, -0.2) is 0 Å². The number of rotatable bonds is 8. The topological polar surface area (TPSA) is 48.9 Å². The van der Waals surface area contributed by atoms with Crippen LogP contribution in [0.25, 0.3) is 0 Å². The predicted molar refractivity (Wildman–Crippen MR) is 96.2 cm³/mol. The van der Waals surface area contributed by atoms with Gasteiger partial charge in [0, 0.05) is 26.7 Å². The predicted octanol–water partition coefficient (Wildman–Crippen LogP) is 2.11. The molecule has 1 aliphatic heterocycles. The normalized spacial score (nSPS) is 16.1. The number of para-hydroxylation sites is 1. The second-order valence-corrected chi connectivity index (χ2v) is 5.84. The molecule has 23 heavy (non-hydrogen) atoms. The van der Waals surface area contributed by atoms with E-state index in [1.807, 2.05) is 37.4 Å². The van der Waals surface area contributed by atoms with Gasteiger partial charge in [0.2, 0.25) is 0 Å². The molecular weight excluding hydrogens is 288 g/mol. The van der Waals surface area contributed by atoms with Crippen LogP contribution in [0.5, 0.6) is 5.75 Å². The maximum atomic E-state index is 5.67. The van der Waals surface area contributed by atoms with Gasteiger partial charge in [-0.3, -0.25) is 4.99 Å². The van der Waals surface area contributed by atoms with Crippen molar-refractivity contribution >= 4 is 5.96 Å². The number of nitrogens with zero attached hydrogens (tertiary/aromatic N) is 2. The summed E-state index contributed by atoms with van der Waals surface area (Å²) in [5.74, 6) is 1.80. The van der Waals surface area contributed by atoms with Crippen molar-refractivity contribution in [2.24, 2.45) is 4.99 Å². The summed E-state index contributed by atoms with van der Waals surface area (Å²) >= 11 is 0. The van der Waals surface area contributed by atoms with Gasteiger partial charge in [-0.2, -0.15) is 0 Å². The minimum Gasteiger partial charge on any atom is -0.494 e. The zero-order valence-corrected chi connectivity index (χ0v) is 14.3. The highest BCUT2D eigenvalue weighted by Crippen LogP contribution is 2.08. The molecule has 5 heteroatoms. The van der Waals surface area contributed by atoms with Gasteiger partial charge in [0.15, 0.2) is 5.96 Å². The summed E-state index contributed by atoms with van der Waals surface area (Å²) < 4.78 is 5.67. The number of piperidine rings is 1. The minimum absolute atomic E-state index is 0.710. The SMILES string of the molecule is CN=C(NCCCOc1ccccc1)NCCN1CCCCC1. The maximum absolute atomic E-state index is 5.67. The largest absolute Gasteiger partial charge is 0.494 e. The molecule has 5 nitrogen and oxygen atoms in total. The van der Waals surface area contributed by atoms with E-state index < -0.39 is 0 Å². The number of guanidine groups is 1. The molecule has 1 heterocycles. The van der Waals surface area contributed by atoms with Crippen LogP contribution in [0.1, 0.15) is 25.7 Å². The van der Waals surface area contributed by atoms with Crippen LogP contribution >= 0.6 is 0 Å². The van der Waals surface area contributed by atoms with E-state index in [1.165, 1.54) is 32.4 Å². The first-order chi connectivity index (χ1) is 11.4. The van der Waals surface area contributed by atoms with Crippen LogP contribution < -0.4 is 15.4 Å². The maximum Gasteiger partial charge on any atom is 0.191 e. The first-order valence-corrected chi connectivity index (χ1v) is 8.73. The molecule has 1 fully saturated rings. The van der Waals surface area contributed by atoms with Gasteiger partial charge >= 0.3 is 0 Å². The van der Waals surface area contributed by atoms with E-state index in [-0.39, 0.29) is 0 Å². The van der Waals surface area contributed by atoms with Crippen molar-refractivity contribution in [2.75, 3.05) is 46.4 Å². The second-order valence-electron chi connectivity index (χ2n) is 5.84. The molecule has 0 unspecified atom stereocenters. The summed E-state index contributed by atoms with van der Waals surface area (Å²) in [6.07, 6.45) is 5.02. The zero-order chi connectivity index (χ0) is 16.2. The Morgan fingerprint density at radius 1 is 1.09 bits per heavy atom. The average Bonchev–Trinajstić information content (AvgIpc) is 2.61. The van der Waals surface area contributed by atoms with E-state index in [4.69, 9.17) is 4.74 Å². The third-order valence-corrected chi connectivity index (χ3v) is 4.02. The minimum atomic E-state index is 0.710. The second kappa shape index (κ2) is 10.9. The lowest BCUT2D eigenvalue weighted by Crippen LogP contribution is -2.43. The van der Waals surface area contributed by atoms with Crippen molar-refractivity contribution in [3.8, 4) is 5.75 Å². The third kappa shape index (κ3) is 7.37. The number of hydrogen-bond donors (Lipinski definition) is 2. The number of benzene rings is 1. The monoisotopic (exact) mass is 318 g/mol. The Morgan fingerprint density at radius 3 is 2.57 bits per heavy atom. The summed E-state index contributed by atoms with van der Waals surface area (Å²) in [6, 6.07) is 9.93. The van der Waals surface area contributed by atoms with E-state index in [0.29, 0.717) is 6.61 Å². The number of nitrogens with one attached hydrogen (secondary N) is 2. The Kier molecular flexibility index (Phi) is 8.33. The first kappa shape index (κ1) is 17.6. The van der Waals surface area contributed by atoms with Crippen molar-refractivity contribution in [1.82, 2.24) is 15.5 Å². The van der Waals surface area contributed by atoms with E-state index >= 15 is 0 Å². The molecule has 1 aromatic rings. The molecule has 0 saturated carbocycles. The van der Waals surface area contributed by atoms with E-state index in [2.05, 4.69) is 20.5 Å². The van der Waals surface area contributed by atoms with Crippen molar-refractivity contribution in [3.05, 3.63) is 30.3 Å². The number of aliphatic imine (C=N–C) groups is 1. The van der Waals surface area contributed by atoms with Crippen LogP contribution in [0.3, 0.4) is 0 Å². The molecule has 0 atom stereocenters. The van der Waals surface area contributed by atoms with E-state index in [9.17, 15) is 0 Å². The van der Waals surface area contributed by atoms with Gasteiger partial charge < -0.3 is 20.3 Å². The van der Waals surface area contributed by atoms with Gasteiger partial charge in [0.05, 0.1) is 6.61 Å². The molecule has 1 aliphatic rings. The summed E-state index contributed by atoms with van der Waals surface area (Å²) in [7, 11) is 1.82. The Morgan fingerprint density at radius 2 is 1.83 bits per heavy atom. The first-order valence-electron chi connectivity index (χ1n) is 8.73. The smallest absolute Gasteiger partial charge is 0.191 e. The van der Waals surface area contributed by atoms with Crippen molar-refractivity contribution < 1.29 is 4.74 Å². The molecule has 0 radical (unpaired) electrons. The summed E-state index contributed by atoms with van der Waals surface area (Å²) in [5, 5.41) is 6.72. The summed E-state index contributed by atoms with van der Waals surface area (Å²) in [6.45, 7) is 6.09. The molecule has 1 aromatic carbocycles. The van der Waals surface area contributed by atoms with Crippen LogP contribution in [-0.4, -0.2) is 57.2 Å². The van der Waals surface area contributed by atoms with E-state index in [1.54, 1.807) is 0 Å². The Hall–Kier alpha value is -1.75. The quantitative estimate of drug-likeness (QED) is 0.438. The molecule has 1 saturated heterocycles. The average molecular weight is 318 g/mol. The van der Waals surface area contributed by atoms with Crippen molar-refractivity contribution in [2.45, 2.75) is 25.7 Å². The van der Waals surface area contributed by atoms with Gasteiger partial charge in [-0.05, 0) is 44.5 Å². The standard InChI is InChI=1S/C18H30N4O/c1-19-18(21-12-15-22-13-6-3-7-14-22)20-11-8-16-23-17-9-4-2-5-10-17/h2,4-5,9-10H,3,6-8,11-16H2,1H3,(H2,19,20,21). The Bertz CT molecular complexity index is 444. The van der Waals surface area contributed by atoms with Gasteiger partial charge in [-0.15, -0.1) is 0 Å². The number of ether oxygens (including phenoxy) is 1. The highest BCUT2D eigenvalue weighted by molar-refractivity contribution is 5.79. The van der Waals surface area contributed by atoms with Crippen LogP contribution in [0.15, 0.2) is 35.3 Å². The molecule has 0 aliphatic carbocycles. The van der Waals surface area contributed by atoms with Gasteiger partial charge in [0.1, 0.15) is 5.75 Å². The fourth-order valence-electron chi connectivity index (χ4n) is 2.72. The van der Waals surface area contributed by atoms with Gasteiger partial charge in [0.25, 0.3) is 0 Å². The van der Waals surface area contributed by atoms with Crippen LogP contribution in [-0.2, 0) is 0 Å². The Labute approximate surface area is 140 Å². The lowest BCUT2D eigenvalue weighted by Gasteiger charge is -2.26.